The molecule has 0 saturated heterocycles. The fourth-order valence-corrected chi connectivity index (χ4v) is 2.09. The smallest absolute Gasteiger partial charge is 0.321 e. The second-order valence-electron chi connectivity index (χ2n) is 4.97. The van der Waals surface area contributed by atoms with Crippen LogP contribution in [0.3, 0.4) is 0 Å². The number of rotatable bonds is 4. The van der Waals surface area contributed by atoms with E-state index in [0.717, 1.165) is 15.6 Å². The SMILES string of the molecule is Cc1cc(C)c(NC(=O)N(C)CC(C)C(=O)O)cc1Br. The fraction of sp³-hybridized carbons (Fsp3) is 0.429. The molecule has 0 spiro atoms. The van der Waals surface area contributed by atoms with Crippen LogP contribution in [0.25, 0.3) is 0 Å². The molecule has 0 radical (unpaired) electrons. The summed E-state index contributed by atoms with van der Waals surface area (Å²) in [5.74, 6) is -1.52. The van der Waals surface area contributed by atoms with E-state index in [-0.39, 0.29) is 12.6 Å². The Morgan fingerprint density at radius 1 is 1.35 bits per heavy atom. The molecule has 1 aromatic rings. The Balaban J connectivity index is 2.76. The van der Waals surface area contributed by atoms with Crippen LogP contribution in [0, 0.1) is 19.8 Å². The van der Waals surface area contributed by atoms with Crippen molar-refractivity contribution in [1.82, 2.24) is 4.90 Å². The number of nitrogens with one attached hydrogen (secondary N) is 1. The van der Waals surface area contributed by atoms with Crippen molar-refractivity contribution in [3.63, 3.8) is 0 Å². The molecule has 0 saturated carbocycles. The van der Waals surface area contributed by atoms with Gasteiger partial charge in [-0.3, -0.25) is 4.79 Å². The van der Waals surface area contributed by atoms with Gasteiger partial charge in [0.25, 0.3) is 0 Å². The molecule has 5 nitrogen and oxygen atoms in total. The zero-order chi connectivity index (χ0) is 15.4. The standard InChI is InChI=1S/C14H19BrN2O3/c1-8-5-9(2)12(6-11(8)15)16-14(20)17(4)7-10(3)13(18)19/h5-6,10H,7H2,1-4H3,(H,16,20)(H,18,19). The summed E-state index contributed by atoms with van der Waals surface area (Å²) in [6.45, 7) is 5.62. The van der Waals surface area contributed by atoms with Crippen molar-refractivity contribution in [3.05, 3.63) is 27.7 Å². The Morgan fingerprint density at radius 3 is 2.50 bits per heavy atom. The predicted octanol–water partition coefficient (Wildman–Crippen LogP) is 3.25. The molecule has 0 aliphatic carbocycles. The van der Waals surface area contributed by atoms with Gasteiger partial charge in [-0.2, -0.15) is 0 Å². The van der Waals surface area contributed by atoms with E-state index in [1.165, 1.54) is 4.90 Å². The fourth-order valence-electron chi connectivity index (χ4n) is 1.74. The maximum atomic E-state index is 12.0. The second kappa shape index (κ2) is 6.74. The van der Waals surface area contributed by atoms with Gasteiger partial charge in [0.1, 0.15) is 0 Å². The molecule has 0 aliphatic rings. The van der Waals surface area contributed by atoms with E-state index in [9.17, 15) is 9.59 Å². The highest BCUT2D eigenvalue weighted by Gasteiger charge is 2.18. The van der Waals surface area contributed by atoms with Crippen molar-refractivity contribution in [3.8, 4) is 0 Å². The highest BCUT2D eigenvalue weighted by molar-refractivity contribution is 9.10. The molecular formula is C14H19BrN2O3. The Kier molecular flexibility index (Phi) is 5.56. The first-order valence-corrected chi connectivity index (χ1v) is 7.03. The van der Waals surface area contributed by atoms with E-state index < -0.39 is 11.9 Å². The first kappa shape index (κ1) is 16.5. The first-order chi connectivity index (χ1) is 9.22. The Morgan fingerprint density at radius 2 is 1.95 bits per heavy atom. The molecule has 20 heavy (non-hydrogen) atoms. The number of carbonyl (C=O) groups is 2. The van der Waals surface area contributed by atoms with Crippen molar-refractivity contribution in [2.24, 2.45) is 5.92 Å². The van der Waals surface area contributed by atoms with Crippen molar-refractivity contribution < 1.29 is 14.7 Å². The molecule has 1 rings (SSSR count). The number of amides is 2. The van der Waals surface area contributed by atoms with Gasteiger partial charge in [-0.25, -0.2) is 4.79 Å². The summed E-state index contributed by atoms with van der Waals surface area (Å²) in [6.07, 6.45) is 0. The first-order valence-electron chi connectivity index (χ1n) is 6.24. The van der Waals surface area contributed by atoms with Crippen molar-refractivity contribution in [1.29, 1.82) is 0 Å². The van der Waals surface area contributed by atoms with Crippen LogP contribution in [0.5, 0.6) is 0 Å². The third kappa shape index (κ3) is 4.23. The van der Waals surface area contributed by atoms with Gasteiger partial charge in [-0.1, -0.05) is 28.9 Å². The van der Waals surface area contributed by atoms with Gasteiger partial charge in [0.05, 0.1) is 5.92 Å². The summed E-state index contributed by atoms with van der Waals surface area (Å²) in [7, 11) is 1.58. The molecule has 0 fully saturated rings. The van der Waals surface area contributed by atoms with E-state index in [0.29, 0.717) is 5.69 Å². The van der Waals surface area contributed by atoms with E-state index in [4.69, 9.17) is 5.11 Å². The van der Waals surface area contributed by atoms with Gasteiger partial charge >= 0.3 is 12.0 Å². The molecule has 0 aromatic heterocycles. The molecule has 0 heterocycles. The van der Waals surface area contributed by atoms with Crippen LogP contribution >= 0.6 is 15.9 Å². The Hall–Kier alpha value is -1.56. The number of carbonyl (C=O) groups excluding carboxylic acids is 1. The average molecular weight is 343 g/mol. The van der Waals surface area contributed by atoms with Crippen LogP contribution in [0.1, 0.15) is 18.1 Å². The number of carboxylic acids is 1. The number of hydrogen-bond acceptors (Lipinski definition) is 2. The number of halogens is 1. The number of aryl methyl sites for hydroxylation is 2. The molecule has 2 amide bonds. The van der Waals surface area contributed by atoms with Gasteiger partial charge in [-0.15, -0.1) is 0 Å². The second-order valence-corrected chi connectivity index (χ2v) is 5.82. The maximum Gasteiger partial charge on any atom is 0.321 e. The molecule has 0 aliphatic heterocycles. The summed E-state index contributed by atoms with van der Waals surface area (Å²) in [4.78, 5) is 24.2. The zero-order valence-electron chi connectivity index (χ0n) is 12.0. The number of aliphatic carboxylic acids is 1. The van der Waals surface area contributed by atoms with E-state index >= 15 is 0 Å². The normalized spacial score (nSPS) is 11.8. The predicted molar refractivity (Wildman–Crippen MR) is 82.1 cm³/mol. The quantitative estimate of drug-likeness (QED) is 0.882. The molecule has 1 unspecified atom stereocenters. The minimum atomic E-state index is -0.918. The third-order valence-corrected chi connectivity index (χ3v) is 3.92. The molecular weight excluding hydrogens is 324 g/mol. The van der Waals surface area contributed by atoms with Crippen LogP contribution in [0.15, 0.2) is 16.6 Å². The van der Waals surface area contributed by atoms with Gasteiger partial charge < -0.3 is 15.3 Å². The number of nitrogens with zero attached hydrogens (tertiary/aromatic N) is 1. The van der Waals surface area contributed by atoms with E-state index in [1.54, 1.807) is 14.0 Å². The van der Waals surface area contributed by atoms with Crippen LogP contribution < -0.4 is 5.32 Å². The molecule has 110 valence electrons. The van der Waals surface area contributed by atoms with E-state index in [2.05, 4.69) is 21.2 Å². The van der Waals surface area contributed by atoms with Crippen LogP contribution in [-0.2, 0) is 4.79 Å². The summed E-state index contributed by atoms with van der Waals surface area (Å²) in [5, 5.41) is 11.6. The third-order valence-electron chi connectivity index (χ3n) is 3.06. The van der Waals surface area contributed by atoms with E-state index in [1.807, 2.05) is 26.0 Å². The van der Waals surface area contributed by atoms with Gasteiger partial charge in [0.15, 0.2) is 0 Å². The van der Waals surface area contributed by atoms with Crippen LogP contribution in [0.4, 0.5) is 10.5 Å². The number of carboxylic acid groups (broad SMARTS) is 1. The van der Waals surface area contributed by atoms with Crippen molar-refractivity contribution in [2.45, 2.75) is 20.8 Å². The lowest BCUT2D eigenvalue weighted by Crippen LogP contribution is -2.36. The topological polar surface area (TPSA) is 69.6 Å². The summed E-state index contributed by atoms with van der Waals surface area (Å²) in [5.41, 5.74) is 2.76. The van der Waals surface area contributed by atoms with Gasteiger partial charge in [0, 0.05) is 23.8 Å². The number of hydrogen-bond donors (Lipinski definition) is 2. The monoisotopic (exact) mass is 342 g/mol. The number of benzene rings is 1. The number of urea groups is 1. The van der Waals surface area contributed by atoms with Crippen LogP contribution in [0.2, 0.25) is 0 Å². The highest BCUT2D eigenvalue weighted by atomic mass is 79.9. The maximum absolute atomic E-state index is 12.0. The summed E-state index contributed by atoms with van der Waals surface area (Å²) >= 11 is 3.42. The van der Waals surface area contributed by atoms with Crippen LogP contribution in [-0.4, -0.2) is 35.6 Å². The average Bonchev–Trinajstić information content (AvgIpc) is 2.35. The molecule has 6 heteroatoms. The van der Waals surface area contributed by atoms with Crippen molar-refractivity contribution >= 4 is 33.6 Å². The highest BCUT2D eigenvalue weighted by Crippen LogP contribution is 2.25. The van der Waals surface area contributed by atoms with Gasteiger partial charge in [0.2, 0.25) is 0 Å². The summed E-state index contributed by atoms with van der Waals surface area (Å²) < 4.78 is 0.917. The number of anilines is 1. The minimum Gasteiger partial charge on any atom is -0.481 e. The largest absolute Gasteiger partial charge is 0.481 e. The van der Waals surface area contributed by atoms with Gasteiger partial charge in [-0.05, 0) is 31.0 Å². The lowest BCUT2D eigenvalue weighted by atomic mass is 10.1. The summed E-state index contributed by atoms with van der Waals surface area (Å²) in [6, 6.07) is 3.49. The molecule has 2 N–H and O–H groups in total. The minimum absolute atomic E-state index is 0.160. The Bertz CT molecular complexity index is 531. The molecule has 1 atom stereocenters. The lowest BCUT2D eigenvalue weighted by Gasteiger charge is -2.21. The van der Waals surface area contributed by atoms with Crippen molar-refractivity contribution in [2.75, 3.05) is 18.9 Å². The molecule has 1 aromatic carbocycles. The Labute approximate surface area is 127 Å². The zero-order valence-corrected chi connectivity index (χ0v) is 13.6. The lowest BCUT2D eigenvalue weighted by molar-refractivity contribution is -0.141. The molecule has 0 bridgehead atoms.